The zero-order valence-electron chi connectivity index (χ0n) is 16.0. The lowest BCUT2D eigenvalue weighted by Gasteiger charge is -2.13. The van der Waals surface area contributed by atoms with Crippen molar-refractivity contribution in [2.24, 2.45) is 4.99 Å². The molecule has 2 aromatic carbocycles. The highest BCUT2D eigenvalue weighted by Crippen LogP contribution is 2.29. The lowest BCUT2D eigenvalue weighted by molar-refractivity contribution is -0.137. The second-order valence-corrected chi connectivity index (χ2v) is 8.20. The molecule has 0 saturated heterocycles. The van der Waals surface area contributed by atoms with Gasteiger partial charge in [-0.1, -0.05) is 24.3 Å². The number of nitrogens with one attached hydrogen (secondary N) is 2. The van der Waals surface area contributed by atoms with Crippen molar-refractivity contribution in [1.29, 1.82) is 0 Å². The fourth-order valence-corrected chi connectivity index (χ4v) is 3.76. The highest BCUT2D eigenvalue weighted by molar-refractivity contribution is 14.0. The van der Waals surface area contributed by atoms with Crippen molar-refractivity contribution < 1.29 is 26.0 Å². The summed E-state index contributed by atoms with van der Waals surface area (Å²) in [6, 6.07) is 10.0. The predicted molar refractivity (Wildman–Crippen MR) is 118 cm³/mol. The molecule has 0 fully saturated rings. The molecule has 0 unspecified atom stereocenters. The Morgan fingerprint density at radius 3 is 2.17 bits per heavy atom. The van der Waals surface area contributed by atoms with E-state index >= 15 is 0 Å². The smallest absolute Gasteiger partial charge is 0.356 e. The molecule has 2 aromatic rings. The Hall–Kier alpha value is -1.89. The first-order chi connectivity index (χ1) is 13.6. The zero-order chi connectivity index (χ0) is 21.5. The van der Waals surface area contributed by atoms with Gasteiger partial charge in [0.2, 0.25) is 0 Å². The summed E-state index contributed by atoms with van der Waals surface area (Å²) in [6.45, 7) is 0.391. The van der Waals surface area contributed by atoms with Crippen LogP contribution in [0.15, 0.2) is 58.4 Å². The van der Waals surface area contributed by atoms with Crippen LogP contribution in [0.3, 0.4) is 0 Å². The predicted octanol–water partition coefficient (Wildman–Crippen LogP) is 3.64. The molecule has 0 aliphatic rings. The molecular weight excluding hydrogens is 537 g/mol. The Morgan fingerprint density at radius 2 is 1.60 bits per heavy atom. The molecule has 0 saturated carbocycles. The SMILES string of the molecule is CN=C(NCCc1ccc(C(F)(F)F)cc1)NCCS(=O)(=O)c1ccccc1F.I. The lowest BCUT2D eigenvalue weighted by atomic mass is 10.1. The minimum Gasteiger partial charge on any atom is -0.356 e. The molecule has 0 spiro atoms. The Balaban J connectivity index is 0.00000450. The van der Waals surface area contributed by atoms with Gasteiger partial charge in [0, 0.05) is 20.1 Å². The van der Waals surface area contributed by atoms with E-state index in [9.17, 15) is 26.0 Å². The van der Waals surface area contributed by atoms with Gasteiger partial charge in [-0.2, -0.15) is 13.2 Å². The summed E-state index contributed by atoms with van der Waals surface area (Å²) in [4.78, 5) is 3.60. The van der Waals surface area contributed by atoms with Crippen molar-refractivity contribution in [2.45, 2.75) is 17.5 Å². The number of guanidine groups is 1. The standard InChI is InChI=1S/C19H21F4N3O2S.HI/c1-24-18(25-11-10-14-6-8-15(9-7-14)19(21,22)23)26-12-13-29(27,28)17-5-3-2-4-16(17)20;/h2-9H,10-13H2,1H3,(H2,24,25,26);1H. The number of rotatable bonds is 7. The molecule has 0 radical (unpaired) electrons. The molecule has 2 rings (SSSR count). The molecule has 2 N–H and O–H groups in total. The van der Waals surface area contributed by atoms with Crippen LogP contribution in [-0.2, 0) is 22.4 Å². The van der Waals surface area contributed by atoms with E-state index in [1.807, 2.05) is 0 Å². The first kappa shape index (κ1) is 26.1. The van der Waals surface area contributed by atoms with Crippen LogP contribution in [0.5, 0.6) is 0 Å². The Bertz CT molecular complexity index is 949. The maximum atomic E-state index is 13.7. The van der Waals surface area contributed by atoms with Crippen molar-refractivity contribution in [3.8, 4) is 0 Å². The third kappa shape index (κ3) is 7.74. The highest BCUT2D eigenvalue weighted by Gasteiger charge is 2.29. The van der Waals surface area contributed by atoms with E-state index < -0.39 is 27.4 Å². The number of benzene rings is 2. The zero-order valence-corrected chi connectivity index (χ0v) is 19.2. The number of hydrogen-bond donors (Lipinski definition) is 2. The molecule has 30 heavy (non-hydrogen) atoms. The molecule has 0 bridgehead atoms. The molecule has 0 aliphatic carbocycles. The highest BCUT2D eigenvalue weighted by atomic mass is 127. The number of hydrogen-bond acceptors (Lipinski definition) is 3. The van der Waals surface area contributed by atoms with E-state index in [2.05, 4.69) is 15.6 Å². The summed E-state index contributed by atoms with van der Waals surface area (Å²) in [6.07, 6.45) is -3.92. The molecule has 0 amide bonds. The van der Waals surface area contributed by atoms with Crippen LogP contribution in [0.1, 0.15) is 11.1 Å². The van der Waals surface area contributed by atoms with Gasteiger partial charge < -0.3 is 10.6 Å². The second-order valence-electron chi connectivity index (χ2n) is 6.12. The van der Waals surface area contributed by atoms with Crippen LogP contribution in [-0.4, -0.2) is 40.3 Å². The van der Waals surface area contributed by atoms with E-state index in [4.69, 9.17) is 0 Å². The first-order valence-corrected chi connectivity index (χ1v) is 10.4. The summed E-state index contributed by atoms with van der Waals surface area (Å²) < 4.78 is 75.7. The van der Waals surface area contributed by atoms with E-state index in [1.54, 1.807) is 0 Å². The van der Waals surface area contributed by atoms with Crippen LogP contribution in [0.25, 0.3) is 0 Å². The van der Waals surface area contributed by atoms with E-state index in [0.717, 1.165) is 18.2 Å². The lowest BCUT2D eigenvalue weighted by Crippen LogP contribution is -2.40. The molecule has 166 valence electrons. The molecule has 11 heteroatoms. The molecule has 0 aromatic heterocycles. The first-order valence-electron chi connectivity index (χ1n) is 8.71. The summed E-state index contributed by atoms with van der Waals surface area (Å²) in [5.74, 6) is -0.791. The molecular formula is C19H22F4IN3O2S. The number of aliphatic imine (C=N–C) groups is 1. The third-order valence-electron chi connectivity index (χ3n) is 4.05. The van der Waals surface area contributed by atoms with E-state index in [1.165, 1.54) is 37.4 Å². The van der Waals surface area contributed by atoms with Crippen LogP contribution in [0.4, 0.5) is 17.6 Å². The van der Waals surface area contributed by atoms with Crippen molar-refractivity contribution in [3.05, 3.63) is 65.5 Å². The monoisotopic (exact) mass is 559 g/mol. The quantitative estimate of drug-likeness (QED) is 0.235. The van der Waals surface area contributed by atoms with E-state index in [-0.39, 0.29) is 41.2 Å². The number of sulfone groups is 1. The largest absolute Gasteiger partial charge is 0.416 e. The minimum atomic E-state index is -4.37. The fourth-order valence-electron chi connectivity index (χ4n) is 2.52. The van der Waals surface area contributed by atoms with Gasteiger partial charge in [-0.15, -0.1) is 24.0 Å². The maximum Gasteiger partial charge on any atom is 0.416 e. The van der Waals surface area contributed by atoms with Gasteiger partial charge in [0.15, 0.2) is 15.8 Å². The normalized spacial score (nSPS) is 12.2. The Kier molecular flexibility index (Phi) is 10.0. The summed E-state index contributed by atoms with van der Waals surface area (Å²) in [7, 11) is -2.29. The third-order valence-corrected chi connectivity index (χ3v) is 5.79. The van der Waals surface area contributed by atoms with Gasteiger partial charge in [0.25, 0.3) is 0 Å². The maximum absolute atomic E-state index is 13.7. The van der Waals surface area contributed by atoms with Crippen LogP contribution >= 0.6 is 24.0 Å². The molecule has 0 heterocycles. The molecule has 0 aliphatic heterocycles. The van der Waals surface area contributed by atoms with Crippen LogP contribution in [0.2, 0.25) is 0 Å². The number of nitrogens with zero attached hydrogens (tertiary/aromatic N) is 1. The van der Waals surface area contributed by atoms with Gasteiger partial charge >= 0.3 is 6.18 Å². The summed E-state index contributed by atoms with van der Waals surface area (Å²) >= 11 is 0. The fraction of sp³-hybridized carbons (Fsp3) is 0.316. The minimum absolute atomic E-state index is 0. The van der Waals surface area contributed by atoms with Gasteiger partial charge in [-0.3, -0.25) is 4.99 Å². The average Bonchev–Trinajstić information content (AvgIpc) is 2.66. The van der Waals surface area contributed by atoms with Gasteiger partial charge in [0.1, 0.15) is 10.7 Å². The van der Waals surface area contributed by atoms with Crippen molar-refractivity contribution in [1.82, 2.24) is 10.6 Å². The van der Waals surface area contributed by atoms with Crippen molar-refractivity contribution in [3.63, 3.8) is 0 Å². The summed E-state index contributed by atoms with van der Waals surface area (Å²) in [5.41, 5.74) is 0.00540. The Labute approximate surface area is 189 Å². The van der Waals surface area contributed by atoms with Crippen LogP contribution < -0.4 is 10.6 Å². The Morgan fingerprint density at radius 1 is 1.00 bits per heavy atom. The second kappa shape index (κ2) is 11.5. The van der Waals surface area contributed by atoms with Crippen LogP contribution in [0, 0.1) is 5.82 Å². The van der Waals surface area contributed by atoms with Gasteiger partial charge in [0.05, 0.1) is 11.3 Å². The molecule has 5 nitrogen and oxygen atoms in total. The summed E-state index contributed by atoms with van der Waals surface area (Å²) in [5, 5.41) is 5.77. The van der Waals surface area contributed by atoms with Crippen molar-refractivity contribution >= 4 is 39.8 Å². The van der Waals surface area contributed by atoms with Gasteiger partial charge in [-0.25, -0.2) is 12.8 Å². The molecule has 0 atom stereocenters. The van der Waals surface area contributed by atoms with Crippen molar-refractivity contribution in [2.75, 3.05) is 25.9 Å². The van der Waals surface area contributed by atoms with E-state index in [0.29, 0.717) is 24.5 Å². The van der Waals surface area contributed by atoms with Gasteiger partial charge in [-0.05, 0) is 36.2 Å². The average molecular weight is 559 g/mol. The number of alkyl halides is 3. The topological polar surface area (TPSA) is 70.6 Å². The number of halogens is 5.